The minimum Gasteiger partial charge on any atom is -0.308 e. The molecule has 0 fully saturated rings. The minimum absolute atomic E-state index is 0.0190. The van der Waals surface area contributed by atoms with Crippen LogP contribution in [0.2, 0.25) is 5.02 Å². The van der Waals surface area contributed by atoms with E-state index in [1.54, 1.807) is 10.9 Å². The van der Waals surface area contributed by atoms with Gasteiger partial charge in [0.15, 0.2) is 0 Å². The average molecular weight is 308 g/mol. The Hall–Kier alpha value is -0.590. The maximum atomic E-state index is 11.6. The molecular formula is C12H22ClN3O2S. The summed E-state index contributed by atoms with van der Waals surface area (Å²) in [4.78, 5) is 0. The third-order valence-electron chi connectivity index (χ3n) is 2.72. The molecule has 7 heteroatoms. The van der Waals surface area contributed by atoms with E-state index in [4.69, 9.17) is 11.6 Å². The minimum atomic E-state index is -3.10. The Labute approximate surface area is 120 Å². The number of aromatic nitrogens is 2. The molecule has 110 valence electrons. The number of halogens is 1. The fraction of sp³-hybridized carbons (Fsp3) is 0.750. The zero-order valence-corrected chi connectivity index (χ0v) is 13.4. The van der Waals surface area contributed by atoms with Gasteiger partial charge in [-0.25, -0.2) is 8.42 Å². The van der Waals surface area contributed by atoms with Crippen molar-refractivity contribution in [3.05, 3.63) is 16.9 Å². The summed E-state index contributed by atoms with van der Waals surface area (Å²) in [5.41, 5.74) is 0.746. The third kappa shape index (κ3) is 4.78. The molecule has 1 aromatic heterocycles. The van der Waals surface area contributed by atoms with Crippen molar-refractivity contribution in [2.75, 3.05) is 18.6 Å². The van der Waals surface area contributed by atoms with E-state index in [2.05, 4.69) is 10.4 Å². The first-order valence-electron chi connectivity index (χ1n) is 6.40. The molecule has 0 saturated carbocycles. The quantitative estimate of drug-likeness (QED) is 0.839. The number of nitrogens with zero attached hydrogens (tertiary/aromatic N) is 2. The van der Waals surface area contributed by atoms with Crippen molar-refractivity contribution in [3.8, 4) is 0 Å². The lowest BCUT2D eigenvalue weighted by molar-refractivity contribution is 0.458. The van der Waals surface area contributed by atoms with Gasteiger partial charge in [-0.1, -0.05) is 18.5 Å². The van der Waals surface area contributed by atoms with Gasteiger partial charge in [-0.2, -0.15) is 5.10 Å². The molecule has 1 N–H and O–H groups in total. The molecule has 0 amide bonds. The SMILES string of the molecule is CCCNC(CS(C)(=O)=O)c1c(Cl)cnn1C(C)C. The van der Waals surface area contributed by atoms with Crippen molar-refractivity contribution in [3.63, 3.8) is 0 Å². The van der Waals surface area contributed by atoms with Crippen molar-refractivity contribution < 1.29 is 8.42 Å². The van der Waals surface area contributed by atoms with E-state index in [9.17, 15) is 8.42 Å². The van der Waals surface area contributed by atoms with Crippen molar-refractivity contribution >= 4 is 21.4 Å². The van der Waals surface area contributed by atoms with E-state index in [0.717, 1.165) is 18.7 Å². The Kier molecular flexibility index (Phi) is 5.82. The molecule has 1 rings (SSSR count). The van der Waals surface area contributed by atoms with Crippen LogP contribution in [-0.2, 0) is 9.84 Å². The summed E-state index contributed by atoms with van der Waals surface area (Å²) in [6.07, 6.45) is 3.73. The maximum Gasteiger partial charge on any atom is 0.149 e. The van der Waals surface area contributed by atoms with Crippen molar-refractivity contribution in [1.82, 2.24) is 15.1 Å². The summed E-state index contributed by atoms with van der Waals surface area (Å²) in [6.45, 7) is 6.75. The van der Waals surface area contributed by atoms with E-state index < -0.39 is 9.84 Å². The van der Waals surface area contributed by atoms with Crippen molar-refractivity contribution in [1.29, 1.82) is 0 Å². The Morgan fingerprint density at radius 3 is 2.58 bits per heavy atom. The Balaban J connectivity index is 3.12. The molecule has 0 bridgehead atoms. The molecule has 0 aliphatic carbocycles. The molecule has 0 radical (unpaired) electrons. The van der Waals surface area contributed by atoms with Crippen LogP contribution in [0, 0.1) is 0 Å². The van der Waals surface area contributed by atoms with Crippen molar-refractivity contribution in [2.45, 2.75) is 39.3 Å². The van der Waals surface area contributed by atoms with Crippen LogP contribution in [0.25, 0.3) is 0 Å². The van der Waals surface area contributed by atoms with Crippen LogP contribution in [0.15, 0.2) is 6.20 Å². The molecule has 0 aliphatic heterocycles. The van der Waals surface area contributed by atoms with Crippen LogP contribution < -0.4 is 5.32 Å². The molecule has 0 aromatic carbocycles. The first kappa shape index (κ1) is 16.5. The van der Waals surface area contributed by atoms with Crippen LogP contribution in [0.5, 0.6) is 0 Å². The molecule has 5 nitrogen and oxygen atoms in total. The van der Waals surface area contributed by atoms with Gasteiger partial charge in [0.25, 0.3) is 0 Å². The van der Waals surface area contributed by atoms with E-state index >= 15 is 0 Å². The molecule has 1 atom stereocenters. The standard InChI is InChI=1S/C12H22ClN3O2S/c1-5-6-14-11(8-19(4,17)18)12-10(13)7-15-16(12)9(2)3/h7,9,11,14H,5-6,8H2,1-4H3. The Morgan fingerprint density at radius 1 is 1.47 bits per heavy atom. The summed E-state index contributed by atoms with van der Waals surface area (Å²) in [5.74, 6) is 0.0190. The second-order valence-corrected chi connectivity index (χ2v) is 7.61. The summed E-state index contributed by atoms with van der Waals surface area (Å²) in [7, 11) is -3.10. The second kappa shape index (κ2) is 6.72. The zero-order valence-electron chi connectivity index (χ0n) is 11.9. The van der Waals surface area contributed by atoms with Crippen LogP contribution in [0.1, 0.15) is 45.0 Å². The molecule has 19 heavy (non-hydrogen) atoms. The largest absolute Gasteiger partial charge is 0.308 e. The van der Waals surface area contributed by atoms with E-state index in [-0.39, 0.29) is 17.8 Å². The third-order valence-corrected chi connectivity index (χ3v) is 3.95. The van der Waals surface area contributed by atoms with E-state index in [1.165, 1.54) is 6.26 Å². The average Bonchev–Trinajstić information content (AvgIpc) is 2.65. The van der Waals surface area contributed by atoms with E-state index in [1.807, 2.05) is 20.8 Å². The lowest BCUT2D eigenvalue weighted by atomic mass is 10.2. The molecule has 0 saturated heterocycles. The molecule has 0 spiro atoms. The first-order valence-corrected chi connectivity index (χ1v) is 8.84. The highest BCUT2D eigenvalue weighted by Gasteiger charge is 2.24. The van der Waals surface area contributed by atoms with Crippen LogP contribution in [0.3, 0.4) is 0 Å². The number of nitrogens with one attached hydrogen (secondary N) is 1. The Bertz CT molecular complexity index is 511. The second-order valence-electron chi connectivity index (χ2n) is 5.02. The van der Waals surface area contributed by atoms with Crippen LogP contribution >= 0.6 is 11.6 Å². The lowest BCUT2D eigenvalue weighted by Gasteiger charge is -2.21. The maximum absolute atomic E-state index is 11.6. The molecule has 0 aliphatic rings. The number of rotatable bonds is 7. The summed E-state index contributed by atoms with van der Waals surface area (Å²) in [5, 5.41) is 7.97. The van der Waals surface area contributed by atoms with Gasteiger partial charge in [0, 0.05) is 12.3 Å². The van der Waals surface area contributed by atoms with Gasteiger partial charge >= 0.3 is 0 Å². The lowest BCUT2D eigenvalue weighted by Crippen LogP contribution is -2.31. The highest BCUT2D eigenvalue weighted by atomic mass is 35.5. The zero-order chi connectivity index (χ0) is 14.6. The fourth-order valence-electron chi connectivity index (χ4n) is 1.94. The molecule has 1 aromatic rings. The smallest absolute Gasteiger partial charge is 0.149 e. The van der Waals surface area contributed by atoms with Gasteiger partial charge in [0.2, 0.25) is 0 Å². The van der Waals surface area contributed by atoms with Crippen LogP contribution in [0.4, 0.5) is 0 Å². The van der Waals surface area contributed by atoms with Gasteiger partial charge in [0.1, 0.15) is 9.84 Å². The predicted octanol–water partition coefficient (Wildman–Crippen LogP) is 2.20. The summed E-state index contributed by atoms with van der Waals surface area (Å²) >= 11 is 6.17. The highest BCUT2D eigenvalue weighted by molar-refractivity contribution is 7.90. The normalized spacial score (nSPS) is 14.0. The number of hydrogen-bond acceptors (Lipinski definition) is 4. The first-order chi connectivity index (χ1) is 8.76. The number of sulfone groups is 1. The van der Waals surface area contributed by atoms with Gasteiger partial charge in [-0.3, -0.25) is 4.68 Å². The van der Waals surface area contributed by atoms with Gasteiger partial charge in [0.05, 0.1) is 28.7 Å². The Morgan fingerprint density at radius 2 is 2.11 bits per heavy atom. The van der Waals surface area contributed by atoms with Gasteiger partial charge in [-0.15, -0.1) is 0 Å². The van der Waals surface area contributed by atoms with Gasteiger partial charge in [-0.05, 0) is 26.8 Å². The van der Waals surface area contributed by atoms with Crippen molar-refractivity contribution in [2.24, 2.45) is 0 Å². The topological polar surface area (TPSA) is 64.0 Å². The fourth-order valence-corrected chi connectivity index (χ4v) is 3.09. The summed E-state index contributed by atoms with van der Waals surface area (Å²) < 4.78 is 24.9. The molecular weight excluding hydrogens is 286 g/mol. The predicted molar refractivity (Wildman–Crippen MR) is 78.4 cm³/mol. The highest BCUT2D eigenvalue weighted by Crippen LogP contribution is 2.26. The van der Waals surface area contributed by atoms with Gasteiger partial charge < -0.3 is 5.32 Å². The monoisotopic (exact) mass is 307 g/mol. The van der Waals surface area contributed by atoms with Crippen LogP contribution in [-0.4, -0.2) is 36.8 Å². The number of hydrogen-bond donors (Lipinski definition) is 1. The molecule has 1 heterocycles. The molecule has 1 unspecified atom stereocenters. The van der Waals surface area contributed by atoms with E-state index in [0.29, 0.717) is 5.02 Å². The summed E-state index contributed by atoms with van der Waals surface area (Å²) in [6, 6.07) is -0.194.